The van der Waals surface area contributed by atoms with Crippen LogP contribution in [0.15, 0.2) is 40.9 Å². The minimum atomic E-state index is -3.46. The van der Waals surface area contributed by atoms with Crippen molar-refractivity contribution in [3.05, 3.63) is 41.5 Å². The maximum Gasteiger partial charge on any atom is 0.240 e. The predicted octanol–water partition coefficient (Wildman–Crippen LogP) is 2.29. The van der Waals surface area contributed by atoms with Crippen LogP contribution in [-0.4, -0.2) is 32.0 Å². The Morgan fingerprint density at radius 2 is 2.13 bits per heavy atom. The number of nitrogens with zero attached hydrogens (tertiary/aromatic N) is 3. The van der Waals surface area contributed by atoms with Gasteiger partial charge in [-0.25, -0.2) is 23.1 Å². The quantitative estimate of drug-likeness (QED) is 0.787. The van der Waals surface area contributed by atoms with Gasteiger partial charge in [0.05, 0.1) is 15.1 Å². The van der Waals surface area contributed by atoms with Gasteiger partial charge in [-0.1, -0.05) is 6.07 Å². The van der Waals surface area contributed by atoms with Crippen LogP contribution in [0.1, 0.15) is 5.56 Å². The molecule has 0 radical (unpaired) electrons. The second-order valence-corrected chi connectivity index (χ2v) is 8.03. The van der Waals surface area contributed by atoms with E-state index in [9.17, 15) is 8.42 Å². The Balaban J connectivity index is 1.87. The normalized spacial score (nSPS) is 14.4. The highest BCUT2D eigenvalue weighted by atomic mass is 32.2. The fourth-order valence-corrected chi connectivity index (χ4v) is 4.42. The molecular weight excluding hydrogens is 332 g/mol. The van der Waals surface area contributed by atoms with Crippen LogP contribution in [0.5, 0.6) is 0 Å². The number of hydrogen-bond donors (Lipinski definition) is 1. The predicted molar refractivity (Wildman–Crippen MR) is 90.8 cm³/mol. The van der Waals surface area contributed by atoms with E-state index in [1.54, 1.807) is 29.8 Å². The van der Waals surface area contributed by atoms with Gasteiger partial charge in [-0.3, -0.25) is 0 Å². The molecule has 8 heteroatoms. The summed E-state index contributed by atoms with van der Waals surface area (Å²) in [6.45, 7) is 0.780. The van der Waals surface area contributed by atoms with Crippen molar-refractivity contribution in [1.29, 1.82) is 0 Å². The largest absolute Gasteiger partial charge is 0.324 e. The summed E-state index contributed by atoms with van der Waals surface area (Å²) in [5.41, 5.74) is 2.94. The molecule has 0 amide bonds. The van der Waals surface area contributed by atoms with Crippen LogP contribution in [-0.2, 0) is 16.4 Å². The number of sulfonamides is 1. The molecule has 23 heavy (non-hydrogen) atoms. The molecule has 1 aromatic carbocycles. The van der Waals surface area contributed by atoms with Crippen molar-refractivity contribution >= 4 is 43.1 Å². The zero-order valence-electron chi connectivity index (χ0n) is 12.4. The molecule has 4 rings (SSSR count). The lowest BCUT2D eigenvalue weighted by atomic mass is 10.2. The van der Waals surface area contributed by atoms with Crippen molar-refractivity contribution < 1.29 is 8.42 Å². The van der Waals surface area contributed by atoms with Crippen molar-refractivity contribution in [2.24, 2.45) is 0 Å². The van der Waals surface area contributed by atoms with Crippen molar-refractivity contribution in [2.75, 3.05) is 18.5 Å². The Morgan fingerprint density at radius 1 is 1.26 bits per heavy atom. The maximum absolute atomic E-state index is 12.1. The molecule has 0 fully saturated rings. The summed E-state index contributed by atoms with van der Waals surface area (Å²) in [5, 5.41) is 1.99. The lowest BCUT2D eigenvalue weighted by Crippen LogP contribution is -2.19. The van der Waals surface area contributed by atoms with Gasteiger partial charge in [0.15, 0.2) is 5.82 Å². The Hall–Kier alpha value is -2.03. The Bertz CT molecular complexity index is 998. The molecule has 0 spiro atoms. The minimum absolute atomic E-state index is 0.266. The summed E-state index contributed by atoms with van der Waals surface area (Å²) in [5.74, 6) is 0.836. The van der Waals surface area contributed by atoms with E-state index in [2.05, 4.69) is 19.6 Å². The zero-order valence-corrected chi connectivity index (χ0v) is 14.0. The molecule has 3 aromatic rings. The molecule has 118 valence electrons. The fraction of sp³-hybridized carbons (Fsp3) is 0.200. The van der Waals surface area contributed by atoms with Crippen LogP contribution in [0.3, 0.4) is 0 Å². The first-order chi connectivity index (χ1) is 11.1. The molecule has 0 saturated heterocycles. The molecule has 1 aliphatic heterocycles. The lowest BCUT2D eigenvalue weighted by Gasteiger charge is -2.19. The van der Waals surface area contributed by atoms with Gasteiger partial charge < -0.3 is 4.90 Å². The zero-order chi connectivity index (χ0) is 16.0. The molecule has 3 heterocycles. The van der Waals surface area contributed by atoms with E-state index in [4.69, 9.17) is 0 Å². The first kappa shape index (κ1) is 14.6. The van der Waals surface area contributed by atoms with Crippen LogP contribution >= 0.6 is 11.3 Å². The average molecular weight is 346 g/mol. The summed E-state index contributed by atoms with van der Waals surface area (Å²) >= 11 is 1.59. The smallest absolute Gasteiger partial charge is 0.240 e. The summed E-state index contributed by atoms with van der Waals surface area (Å²) in [6.07, 6.45) is 2.42. The number of benzene rings is 1. The summed E-state index contributed by atoms with van der Waals surface area (Å²) in [7, 11) is -2.05. The van der Waals surface area contributed by atoms with Crippen molar-refractivity contribution in [3.8, 4) is 0 Å². The monoisotopic (exact) mass is 346 g/mol. The summed E-state index contributed by atoms with van der Waals surface area (Å²) in [4.78, 5) is 11.0. The highest BCUT2D eigenvalue weighted by molar-refractivity contribution is 7.89. The molecule has 1 N–H and O–H groups in total. The third-order valence-corrected chi connectivity index (χ3v) is 6.32. The Kier molecular flexibility index (Phi) is 3.33. The van der Waals surface area contributed by atoms with Gasteiger partial charge in [0.2, 0.25) is 10.0 Å². The molecule has 0 atom stereocenters. The van der Waals surface area contributed by atoms with E-state index in [-0.39, 0.29) is 4.90 Å². The SMILES string of the molecule is CNS(=O)(=O)c1ccc2c(c1)N(c1ncnc3ccsc13)CC2. The number of nitrogens with one attached hydrogen (secondary N) is 1. The molecular formula is C15H14N4O2S2. The molecule has 6 nitrogen and oxygen atoms in total. The topological polar surface area (TPSA) is 75.2 Å². The molecule has 1 aliphatic rings. The first-order valence-electron chi connectivity index (χ1n) is 7.12. The van der Waals surface area contributed by atoms with Crippen LogP contribution in [0.2, 0.25) is 0 Å². The summed E-state index contributed by atoms with van der Waals surface area (Å²) in [6, 6.07) is 7.21. The van der Waals surface area contributed by atoms with E-state index in [0.717, 1.165) is 40.3 Å². The van der Waals surface area contributed by atoms with Gasteiger partial charge in [-0.05, 0) is 42.6 Å². The standard InChI is InChI=1S/C15H14N4O2S2/c1-16-23(20,21)11-3-2-10-4-6-19(13(10)8-11)15-14-12(5-7-22-14)17-9-18-15/h2-3,5,7-9,16H,4,6H2,1H3. The van der Waals surface area contributed by atoms with E-state index >= 15 is 0 Å². The van der Waals surface area contributed by atoms with Crippen LogP contribution in [0.4, 0.5) is 11.5 Å². The van der Waals surface area contributed by atoms with Crippen LogP contribution in [0.25, 0.3) is 10.2 Å². The third-order valence-electron chi connectivity index (χ3n) is 4.01. The number of anilines is 2. The molecule has 0 saturated carbocycles. The first-order valence-corrected chi connectivity index (χ1v) is 9.48. The second kappa shape index (κ2) is 5.26. The number of hydrogen-bond acceptors (Lipinski definition) is 6. The van der Waals surface area contributed by atoms with Crippen molar-refractivity contribution in [1.82, 2.24) is 14.7 Å². The van der Waals surface area contributed by atoms with Crippen molar-refractivity contribution in [2.45, 2.75) is 11.3 Å². The summed E-state index contributed by atoms with van der Waals surface area (Å²) < 4.78 is 27.5. The maximum atomic E-state index is 12.1. The molecule has 0 bridgehead atoms. The third kappa shape index (κ3) is 2.30. The minimum Gasteiger partial charge on any atom is -0.324 e. The van der Waals surface area contributed by atoms with E-state index in [1.807, 2.05) is 17.5 Å². The second-order valence-electron chi connectivity index (χ2n) is 5.23. The van der Waals surface area contributed by atoms with E-state index in [1.165, 1.54) is 7.05 Å². The van der Waals surface area contributed by atoms with Gasteiger partial charge >= 0.3 is 0 Å². The lowest BCUT2D eigenvalue weighted by molar-refractivity contribution is 0.588. The Morgan fingerprint density at radius 3 is 2.96 bits per heavy atom. The highest BCUT2D eigenvalue weighted by Gasteiger charge is 2.25. The average Bonchev–Trinajstić information content (AvgIpc) is 3.20. The van der Waals surface area contributed by atoms with E-state index < -0.39 is 10.0 Å². The molecule has 0 unspecified atom stereocenters. The Labute approximate surface area is 137 Å². The number of rotatable bonds is 3. The van der Waals surface area contributed by atoms with Gasteiger partial charge in [-0.15, -0.1) is 11.3 Å². The van der Waals surface area contributed by atoms with Gasteiger partial charge in [0.1, 0.15) is 6.33 Å². The van der Waals surface area contributed by atoms with Crippen molar-refractivity contribution in [3.63, 3.8) is 0 Å². The van der Waals surface area contributed by atoms with Gasteiger partial charge in [0.25, 0.3) is 0 Å². The van der Waals surface area contributed by atoms with Crippen LogP contribution in [0, 0.1) is 0 Å². The van der Waals surface area contributed by atoms with E-state index in [0.29, 0.717) is 0 Å². The highest BCUT2D eigenvalue weighted by Crippen LogP contribution is 2.39. The van der Waals surface area contributed by atoms with Crippen LogP contribution < -0.4 is 9.62 Å². The molecule has 0 aliphatic carbocycles. The number of aromatic nitrogens is 2. The fourth-order valence-electron chi connectivity index (χ4n) is 2.83. The number of fused-ring (bicyclic) bond motifs is 2. The molecule has 2 aromatic heterocycles. The van der Waals surface area contributed by atoms with Gasteiger partial charge in [0, 0.05) is 12.2 Å². The van der Waals surface area contributed by atoms with Gasteiger partial charge in [-0.2, -0.15) is 0 Å². The number of thiophene rings is 1.